The van der Waals surface area contributed by atoms with Crippen molar-refractivity contribution in [2.75, 3.05) is 0 Å². The van der Waals surface area contributed by atoms with Gasteiger partial charge in [0.05, 0.1) is 16.1 Å². The van der Waals surface area contributed by atoms with E-state index in [1.807, 2.05) is 84.9 Å². The number of halogens is 1. The number of aromatic nitrogens is 1. The first kappa shape index (κ1) is 31.3. The molecule has 4 nitrogen and oxygen atoms in total. The lowest BCUT2D eigenvalue weighted by molar-refractivity contribution is -0.112. The quantitative estimate of drug-likeness (QED) is 0.172. The fourth-order valence-corrected chi connectivity index (χ4v) is 11.7. The van der Waals surface area contributed by atoms with Crippen LogP contribution < -0.4 is 32.9 Å². The van der Waals surface area contributed by atoms with Gasteiger partial charge in [0.15, 0.2) is 5.78 Å². The Bertz CT molecular complexity index is 1930. The van der Waals surface area contributed by atoms with Crippen LogP contribution >= 0.6 is 7.26 Å². The maximum absolute atomic E-state index is 14.6. The summed E-state index contributed by atoms with van der Waals surface area (Å²) in [5, 5.41) is 4.20. The number of allylic oxidation sites excluding steroid dienone is 1. The van der Waals surface area contributed by atoms with Gasteiger partial charge < -0.3 is 17.0 Å². The number of carbonyl (C=O) groups is 1. The largest absolute Gasteiger partial charge is 1.00 e. The number of ketones is 1. The van der Waals surface area contributed by atoms with E-state index in [4.69, 9.17) is 0 Å². The average Bonchev–Trinajstić information content (AvgIpc) is 3.37. The highest BCUT2D eigenvalue weighted by Crippen LogP contribution is 2.59. The van der Waals surface area contributed by atoms with E-state index in [9.17, 15) is 13.2 Å². The standard InChI is InChI=1S/C37H31NO3PS.BrH/c1-29(39)26-27-35-34-24-14-15-25-36(34)38(43(40,41)33-22-12-5-13-23-33)37(35)28-42(30-16-6-2-7-17-30,31-18-8-3-9-19-31)32-20-10-4-11-21-32;/h2-27H,28H2,1H3;1H/q+1;/p-1/b27-26+;. The summed E-state index contributed by atoms with van der Waals surface area (Å²) in [4.78, 5) is 12.4. The van der Waals surface area contributed by atoms with Crippen LogP contribution in [0.3, 0.4) is 0 Å². The number of carbonyl (C=O) groups excluding carboxylic acids is 1. The molecule has 220 valence electrons. The monoisotopic (exact) mass is 679 g/mol. The molecule has 44 heavy (non-hydrogen) atoms. The molecule has 7 heteroatoms. The number of benzene rings is 5. The van der Waals surface area contributed by atoms with Crippen LogP contribution in [0.4, 0.5) is 0 Å². The van der Waals surface area contributed by atoms with Gasteiger partial charge in [-0.15, -0.1) is 0 Å². The van der Waals surface area contributed by atoms with E-state index in [0.717, 1.165) is 26.9 Å². The Morgan fingerprint density at radius 1 is 0.659 bits per heavy atom. The molecule has 0 N–H and O–H groups in total. The van der Waals surface area contributed by atoms with Crippen LogP contribution in [0.25, 0.3) is 17.0 Å². The highest BCUT2D eigenvalue weighted by Gasteiger charge is 2.47. The molecule has 1 aromatic heterocycles. The molecule has 6 aromatic rings. The Balaban J connectivity index is 0.00000384. The number of hydrogen-bond donors (Lipinski definition) is 0. The fourth-order valence-electron chi connectivity index (χ4n) is 5.79. The third-order valence-corrected chi connectivity index (χ3v) is 13.8. The SMILES string of the molecule is CC(=O)/C=C/c1c(C[P+](c2ccccc2)(c2ccccc2)c2ccccc2)n(S(=O)(=O)c2ccccc2)c2ccccc12.[Br-]. The molecule has 0 aliphatic carbocycles. The number of rotatable bonds is 9. The van der Waals surface area contributed by atoms with Crippen molar-refractivity contribution < 1.29 is 30.2 Å². The second-order valence-corrected chi connectivity index (χ2v) is 15.7. The van der Waals surface area contributed by atoms with E-state index < -0.39 is 17.3 Å². The van der Waals surface area contributed by atoms with Crippen molar-refractivity contribution in [3.8, 4) is 0 Å². The van der Waals surface area contributed by atoms with Gasteiger partial charge in [-0.1, -0.05) is 91.0 Å². The smallest absolute Gasteiger partial charge is 0.268 e. The first-order valence-electron chi connectivity index (χ1n) is 14.1. The fraction of sp³-hybridized carbons (Fsp3) is 0.0541. The van der Waals surface area contributed by atoms with Crippen LogP contribution in [0.5, 0.6) is 0 Å². The van der Waals surface area contributed by atoms with Crippen molar-refractivity contribution in [3.05, 3.63) is 163 Å². The first-order valence-corrected chi connectivity index (χ1v) is 17.5. The minimum absolute atomic E-state index is 0. The molecular weight excluding hydrogens is 649 g/mol. The van der Waals surface area contributed by atoms with Crippen LogP contribution in [-0.4, -0.2) is 18.2 Å². The van der Waals surface area contributed by atoms with E-state index in [0.29, 0.717) is 17.4 Å². The molecule has 0 saturated carbocycles. The van der Waals surface area contributed by atoms with E-state index in [2.05, 4.69) is 36.4 Å². The molecule has 0 spiro atoms. The van der Waals surface area contributed by atoms with Crippen molar-refractivity contribution in [1.82, 2.24) is 3.97 Å². The molecule has 5 aromatic carbocycles. The lowest BCUT2D eigenvalue weighted by atomic mass is 10.1. The molecule has 0 atom stereocenters. The predicted octanol–water partition coefficient (Wildman–Crippen LogP) is 3.98. The van der Waals surface area contributed by atoms with Gasteiger partial charge in [0.25, 0.3) is 10.0 Å². The van der Waals surface area contributed by atoms with Gasteiger partial charge in [0.2, 0.25) is 0 Å². The number of hydrogen-bond acceptors (Lipinski definition) is 3. The summed E-state index contributed by atoms with van der Waals surface area (Å²) < 4.78 is 30.7. The molecule has 0 unspecified atom stereocenters. The Morgan fingerprint density at radius 2 is 1.09 bits per heavy atom. The van der Waals surface area contributed by atoms with Gasteiger partial charge in [-0.05, 0) is 73.7 Å². The van der Waals surface area contributed by atoms with Crippen molar-refractivity contribution in [1.29, 1.82) is 0 Å². The molecular formula is C37H31BrNO3PS. The van der Waals surface area contributed by atoms with E-state index in [1.54, 1.807) is 30.3 Å². The summed E-state index contributed by atoms with van der Waals surface area (Å²) in [7, 11) is -6.51. The number of para-hydroxylation sites is 1. The van der Waals surface area contributed by atoms with E-state index in [1.165, 1.54) is 17.0 Å². The molecule has 1 heterocycles. The third-order valence-electron chi connectivity index (χ3n) is 7.71. The second-order valence-electron chi connectivity index (χ2n) is 10.4. The molecule has 0 radical (unpaired) electrons. The number of nitrogens with zero attached hydrogens (tertiary/aromatic N) is 1. The van der Waals surface area contributed by atoms with Crippen molar-refractivity contribution >= 4 is 56.0 Å². The molecule has 0 aliphatic rings. The van der Waals surface area contributed by atoms with Crippen molar-refractivity contribution in [2.24, 2.45) is 0 Å². The molecule has 0 fully saturated rings. The topological polar surface area (TPSA) is 56.1 Å². The molecule has 0 aliphatic heterocycles. The third kappa shape index (κ3) is 5.73. The Morgan fingerprint density at radius 3 is 1.57 bits per heavy atom. The van der Waals surface area contributed by atoms with Gasteiger partial charge >= 0.3 is 0 Å². The maximum atomic E-state index is 14.6. The Kier molecular flexibility index (Phi) is 9.45. The summed E-state index contributed by atoms with van der Waals surface area (Å²) in [6.07, 6.45) is 3.73. The zero-order chi connectivity index (χ0) is 29.9. The van der Waals surface area contributed by atoms with Gasteiger partial charge in [-0.25, -0.2) is 12.4 Å². The molecule has 0 amide bonds. The van der Waals surface area contributed by atoms with Crippen LogP contribution in [0, 0.1) is 0 Å². The predicted molar refractivity (Wildman–Crippen MR) is 180 cm³/mol. The maximum Gasteiger partial charge on any atom is 0.268 e. The van der Waals surface area contributed by atoms with Gasteiger partial charge in [-0.3, -0.25) is 4.79 Å². The average molecular weight is 681 g/mol. The van der Waals surface area contributed by atoms with Gasteiger partial charge in [-0.2, -0.15) is 0 Å². The van der Waals surface area contributed by atoms with Crippen LogP contribution in [0.2, 0.25) is 0 Å². The van der Waals surface area contributed by atoms with Crippen LogP contribution in [0.1, 0.15) is 18.2 Å². The van der Waals surface area contributed by atoms with E-state index in [-0.39, 0.29) is 27.7 Å². The summed E-state index contributed by atoms with van der Waals surface area (Å²) in [5.74, 6) is -0.107. The minimum Gasteiger partial charge on any atom is -1.00 e. The summed E-state index contributed by atoms with van der Waals surface area (Å²) >= 11 is 0. The lowest BCUT2D eigenvalue weighted by Gasteiger charge is -2.28. The highest BCUT2D eigenvalue weighted by molar-refractivity contribution is 7.95. The summed E-state index contributed by atoms with van der Waals surface area (Å²) in [5.41, 5.74) is 1.96. The van der Waals surface area contributed by atoms with Crippen LogP contribution in [-0.2, 0) is 21.0 Å². The van der Waals surface area contributed by atoms with Crippen LogP contribution in [0.15, 0.2) is 157 Å². The zero-order valence-corrected chi connectivity index (χ0v) is 27.4. The zero-order valence-electron chi connectivity index (χ0n) is 24.1. The normalized spacial score (nSPS) is 11.8. The molecule has 6 rings (SSSR count). The first-order chi connectivity index (χ1) is 20.9. The molecule has 0 saturated heterocycles. The lowest BCUT2D eigenvalue weighted by Crippen LogP contribution is -3.00. The summed E-state index contributed by atoms with van der Waals surface area (Å²) in [6.45, 7) is 1.51. The van der Waals surface area contributed by atoms with Crippen molar-refractivity contribution in [2.45, 2.75) is 18.0 Å². The Hall–Kier alpha value is -4.09. The minimum atomic E-state index is -4.02. The van der Waals surface area contributed by atoms with Crippen molar-refractivity contribution in [3.63, 3.8) is 0 Å². The number of fused-ring (bicyclic) bond motifs is 1. The Labute approximate surface area is 269 Å². The highest BCUT2D eigenvalue weighted by atomic mass is 79.9. The summed E-state index contributed by atoms with van der Waals surface area (Å²) in [6, 6.07) is 47.3. The second kappa shape index (κ2) is 13.3. The van der Waals surface area contributed by atoms with Gasteiger partial charge in [0, 0.05) is 10.9 Å². The molecule has 0 bridgehead atoms. The van der Waals surface area contributed by atoms with E-state index >= 15 is 0 Å². The van der Waals surface area contributed by atoms with Gasteiger partial charge in [0.1, 0.15) is 29.3 Å².